The fraction of sp³-hybridized carbons (Fsp3) is 0.409. The van der Waals surface area contributed by atoms with Gasteiger partial charge in [-0.2, -0.15) is 0 Å². The summed E-state index contributed by atoms with van der Waals surface area (Å²) in [5.41, 5.74) is 1.66. The summed E-state index contributed by atoms with van der Waals surface area (Å²) in [5.74, 6) is -0.721. The molecule has 0 aliphatic carbocycles. The van der Waals surface area contributed by atoms with Crippen molar-refractivity contribution in [1.82, 2.24) is 14.8 Å². The predicted molar refractivity (Wildman–Crippen MR) is 117 cm³/mol. The van der Waals surface area contributed by atoms with Crippen LogP contribution in [0.4, 0.5) is 4.79 Å². The van der Waals surface area contributed by atoms with Crippen LogP contribution in [0, 0.1) is 13.8 Å². The lowest BCUT2D eigenvalue weighted by Crippen LogP contribution is -2.41. The van der Waals surface area contributed by atoms with Crippen LogP contribution in [0.25, 0.3) is 0 Å². The SMILES string of the molecule is COCC(C)n1c(C)cc(C(=O)CN2C(=O)NC(C)(c3cccc(Br)c3)C2=O)c1C. The van der Waals surface area contributed by atoms with E-state index in [1.54, 1.807) is 38.3 Å². The quantitative estimate of drug-likeness (QED) is 0.488. The van der Waals surface area contributed by atoms with E-state index in [1.165, 1.54) is 0 Å². The number of nitrogens with zero attached hydrogens (tertiary/aromatic N) is 2. The van der Waals surface area contributed by atoms with Gasteiger partial charge >= 0.3 is 6.03 Å². The molecule has 1 aliphatic heterocycles. The Bertz CT molecular complexity index is 1020. The van der Waals surface area contributed by atoms with E-state index in [0.717, 1.165) is 20.8 Å². The number of hydrogen-bond acceptors (Lipinski definition) is 4. The molecule has 2 unspecified atom stereocenters. The van der Waals surface area contributed by atoms with Gasteiger partial charge in [-0.1, -0.05) is 28.1 Å². The molecule has 0 saturated carbocycles. The Hall–Kier alpha value is -2.45. The first-order chi connectivity index (χ1) is 14.1. The normalized spacial score (nSPS) is 19.9. The smallest absolute Gasteiger partial charge is 0.325 e. The Kier molecular flexibility index (Phi) is 6.19. The van der Waals surface area contributed by atoms with E-state index in [2.05, 4.69) is 21.2 Å². The fourth-order valence-corrected chi connectivity index (χ4v) is 4.52. The number of Topliss-reactive ketones (excluding diaryl/α,β-unsaturated/α-hetero) is 1. The van der Waals surface area contributed by atoms with Crippen molar-refractivity contribution < 1.29 is 19.1 Å². The van der Waals surface area contributed by atoms with E-state index in [-0.39, 0.29) is 18.4 Å². The molecule has 1 aliphatic rings. The fourth-order valence-electron chi connectivity index (χ4n) is 4.12. The lowest BCUT2D eigenvalue weighted by atomic mass is 9.92. The molecule has 7 nitrogen and oxygen atoms in total. The molecule has 0 bridgehead atoms. The number of hydrogen-bond donors (Lipinski definition) is 1. The maximum Gasteiger partial charge on any atom is 0.325 e. The Labute approximate surface area is 184 Å². The summed E-state index contributed by atoms with van der Waals surface area (Å²) in [6.45, 7) is 7.66. The molecule has 1 fully saturated rings. The zero-order valence-corrected chi connectivity index (χ0v) is 19.4. The van der Waals surface area contributed by atoms with Crippen LogP contribution in [-0.4, -0.2) is 47.4 Å². The number of amides is 3. The van der Waals surface area contributed by atoms with Gasteiger partial charge in [-0.25, -0.2) is 4.79 Å². The lowest BCUT2D eigenvalue weighted by Gasteiger charge is -2.22. The second-order valence-electron chi connectivity index (χ2n) is 7.84. The molecule has 1 aromatic heterocycles. The minimum Gasteiger partial charge on any atom is -0.383 e. The van der Waals surface area contributed by atoms with Crippen LogP contribution in [0.3, 0.4) is 0 Å². The van der Waals surface area contributed by atoms with Crippen LogP contribution in [0.5, 0.6) is 0 Å². The van der Waals surface area contributed by atoms with Crippen LogP contribution in [-0.2, 0) is 15.1 Å². The van der Waals surface area contributed by atoms with Gasteiger partial charge in [0.1, 0.15) is 5.54 Å². The number of imide groups is 1. The summed E-state index contributed by atoms with van der Waals surface area (Å²) < 4.78 is 8.07. The standard InChI is InChI=1S/C22H26BrN3O4/c1-13-9-18(15(3)26(13)14(2)12-30-5)19(27)11-25-20(28)22(4,24-21(25)29)16-7-6-8-17(23)10-16/h6-10,14H,11-12H2,1-5H3,(H,24,29). The van der Waals surface area contributed by atoms with E-state index in [4.69, 9.17) is 4.74 Å². The van der Waals surface area contributed by atoms with Gasteiger partial charge in [-0.15, -0.1) is 0 Å². The second-order valence-corrected chi connectivity index (χ2v) is 8.75. The van der Waals surface area contributed by atoms with Gasteiger partial charge in [-0.3, -0.25) is 14.5 Å². The van der Waals surface area contributed by atoms with E-state index in [1.807, 2.05) is 31.4 Å². The summed E-state index contributed by atoms with van der Waals surface area (Å²) in [4.78, 5) is 39.7. The van der Waals surface area contributed by atoms with E-state index >= 15 is 0 Å². The van der Waals surface area contributed by atoms with Gasteiger partial charge in [-0.05, 0) is 51.5 Å². The van der Waals surface area contributed by atoms with Gasteiger partial charge in [0.15, 0.2) is 5.78 Å². The number of carbonyl (C=O) groups is 3. The predicted octanol–water partition coefficient (Wildman–Crippen LogP) is 3.72. The van der Waals surface area contributed by atoms with Crippen molar-refractivity contribution in [1.29, 1.82) is 0 Å². The van der Waals surface area contributed by atoms with Gasteiger partial charge in [0.2, 0.25) is 0 Å². The van der Waals surface area contributed by atoms with Crippen molar-refractivity contribution in [3.8, 4) is 0 Å². The Morgan fingerprint density at radius 2 is 1.97 bits per heavy atom. The zero-order valence-electron chi connectivity index (χ0n) is 17.8. The molecule has 3 rings (SSSR count). The Balaban J connectivity index is 1.85. The average Bonchev–Trinajstić information content (AvgIpc) is 3.10. The van der Waals surface area contributed by atoms with Crippen LogP contribution in [0.1, 0.15) is 47.2 Å². The molecule has 2 aromatic rings. The first-order valence-corrected chi connectivity index (χ1v) is 10.5. The molecule has 2 atom stereocenters. The number of ketones is 1. The molecule has 2 heterocycles. The van der Waals surface area contributed by atoms with Crippen molar-refractivity contribution >= 4 is 33.7 Å². The molecule has 0 radical (unpaired) electrons. The van der Waals surface area contributed by atoms with Crippen molar-refractivity contribution in [3.63, 3.8) is 0 Å². The maximum atomic E-state index is 13.1. The van der Waals surface area contributed by atoms with Crippen molar-refractivity contribution in [2.24, 2.45) is 0 Å². The number of carbonyl (C=O) groups excluding carboxylic acids is 3. The van der Waals surface area contributed by atoms with Gasteiger partial charge < -0.3 is 14.6 Å². The van der Waals surface area contributed by atoms with Crippen LogP contribution >= 0.6 is 15.9 Å². The summed E-state index contributed by atoms with van der Waals surface area (Å²) in [6, 6.07) is 8.50. The number of benzene rings is 1. The summed E-state index contributed by atoms with van der Waals surface area (Å²) in [6.07, 6.45) is 0. The van der Waals surface area contributed by atoms with E-state index in [0.29, 0.717) is 17.7 Å². The van der Waals surface area contributed by atoms with E-state index in [9.17, 15) is 14.4 Å². The molecule has 30 heavy (non-hydrogen) atoms. The highest BCUT2D eigenvalue weighted by Gasteiger charge is 2.49. The molecule has 160 valence electrons. The highest BCUT2D eigenvalue weighted by atomic mass is 79.9. The summed E-state index contributed by atoms with van der Waals surface area (Å²) in [5, 5.41) is 2.74. The number of aryl methyl sites for hydroxylation is 1. The third-order valence-corrected chi connectivity index (χ3v) is 6.11. The summed E-state index contributed by atoms with van der Waals surface area (Å²) in [7, 11) is 1.64. The number of ether oxygens (including phenoxy) is 1. The second kappa shape index (κ2) is 8.35. The van der Waals surface area contributed by atoms with Crippen molar-refractivity contribution in [3.05, 3.63) is 57.3 Å². The minimum absolute atomic E-state index is 0.0630. The molecule has 1 N–H and O–H groups in total. The van der Waals surface area contributed by atoms with Gasteiger partial charge in [0.25, 0.3) is 5.91 Å². The zero-order chi connectivity index (χ0) is 22.2. The monoisotopic (exact) mass is 475 g/mol. The Morgan fingerprint density at radius 3 is 2.60 bits per heavy atom. The summed E-state index contributed by atoms with van der Waals surface area (Å²) >= 11 is 3.39. The highest BCUT2D eigenvalue weighted by molar-refractivity contribution is 9.10. The largest absolute Gasteiger partial charge is 0.383 e. The highest BCUT2D eigenvalue weighted by Crippen LogP contribution is 2.31. The number of nitrogens with one attached hydrogen (secondary N) is 1. The van der Waals surface area contributed by atoms with E-state index < -0.39 is 17.5 Å². The first kappa shape index (κ1) is 22.2. The van der Waals surface area contributed by atoms with Crippen LogP contribution in [0.15, 0.2) is 34.8 Å². The minimum atomic E-state index is -1.22. The average molecular weight is 476 g/mol. The molecule has 1 saturated heterocycles. The lowest BCUT2D eigenvalue weighted by molar-refractivity contribution is -0.130. The number of methoxy groups -OCH3 is 1. The third kappa shape index (κ3) is 3.81. The third-order valence-electron chi connectivity index (χ3n) is 5.61. The van der Waals surface area contributed by atoms with Crippen LogP contribution < -0.4 is 5.32 Å². The topological polar surface area (TPSA) is 80.6 Å². The molecular weight excluding hydrogens is 450 g/mol. The Morgan fingerprint density at radius 1 is 1.27 bits per heavy atom. The molecule has 3 amide bonds. The number of aromatic nitrogens is 1. The number of rotatable bonds is 7. The first-order valence-electron chi connectivity index (χ1n) is 9.71. The van der Waals surface area contributed by atoms with Gasteiger partial charge in [0, 0.05) is 28.5 Å². The van der Waals surface area contributed by atoms with Crippen LogP contribution in [0.2, 0.25) is 0 Å². The van der Waals surface area contributed by atoms with Crippen molar-refractivity contribution in [2.75, 3.05) is 20.3 Å². The molecular formula is C22H26BrN3O4. The molecule has 8 heteroatoms. The molecule has 0 spiro atoms. The van der Waals surface area contributed by atoms with Gasteiger partial charge in [0.05, 0.1) is 19.2 Å². The maximum absolute atomic E-state index is 13.1. The number of urea groups is 1. The van der Waals surface area contributed by atoms with Crippen molar-refractivity contribution in [2.45, 2.75) is 39.3 Å². The number of halogens is 1. The molecule has 1 aromatic carbocycles.